The highest BCUT2D eigenvalue weighted by atomic mass is 79.9. The van der Waals surface area contributed by atoms with Gasteiger partial charge in [0, 0.05) is 142 Å². The van der Waals surface area contributed by atoms with Gasteiger partial charge in [-0.05, 0) is 242 Å². The van der Waals surface area contributed by atoms with Crippen LogP contribution in [0.1, 0.15) is 172 Å². The number of hydrogen-bond donors (Lipinski definition) is 7. The zero-order valence-corrected chi connectivity index (χ0v) is 76.6. The van der Waals surface area contributed by atoms with Gasteiger partial charge in [-0.15, -0.1) is 0 Å². The van der Waals surface area contributed by atoms with Crippen molar-refractivity contribution in [2.75, 3.05) is 53.0 Å². The second kappa shape index (κ2) is 40.8. The topological polar surface area (TPSA) is 184 Å². The second-order valence-corrected chi connectivity index (χ2v) is 35.7. The van der Waals surface area contributed by atoms with E-state index in [0.29, 0.717) is 45.4 Å². The molecular formula is C107H107BrCl3FN10O6. The molecule has 5 aromatic heterocycles. The quantitative estimate of drug-likeness (QED) is 0.0436. The molecule has 0 spiro atoms. The fourth-order valence-corrected chi connectivity index (χ4v) is 20.0. The van der Waals surface area contributed by atoms with Crippen LogP contribution in [0.15, 0.2) is 259 Å². The molecule has 0 radical (unpaired) electrons. The zero-order valence-electron chi connectivity index (χ0n) is 72.8. The molecule has 128 heavy (non-hydrogen) atoms. The van der Waals surface area contributed by atoms with E-state index < -0.39 is 0 Å². The monoisotopic (exact) mass is 1830 g/mol. The maximum absolute atomic E-state index is 13.8. The fourth-order valence-electron chi connectivity index (χ4n) is 19.2. The number of methoxy groups -OCH3 is 1. The number of rotatable bonds is 17. The molecule has 21 rings (SSSR count). The maximum Gasteiger partial charge on any atom is 0.410 e. The van der Waals surface area contributed by atoms with Crippen LogP contribution in [0.3, 0.4) is 0 Å². The number of hydrogen-bond acceptors (Lipinski definition) is 9. The minimum Gasteiger partial charge on any atom is -0.497 e. The zero-order chi connectivity index (χ0) is 88.3. The van der Waals surface area contributed by atoms with Gasteiger partial charge in [-0.25, -0.2) is 14.0 Å². The molecule has 0 aliphatic carbocycles. The minimum absolute atomic E-state index is 0.0497. The summed E-state index contributed by atoms with van der Waals surface area (Å²) >= 11 is 22.2. The highest BCUT2D eigenvalue weighted by Gasteiger charge is 2.38. The summed E-state index contributed by atoms with van der Waals surface area (Å²) in [5.74, 6) is 1.51. The fraction of sp³-hybridized carbons (Fsp3) is 0.271. The SMILES string of the molecule is CCCCCC1c2[nH]c3ccc(Cl)cc3c2CCN1Cc1ccccc1.CCOC(=O)N1CCc2c([nH]c3ccc(Br)cc23)C1Cc1ccccc1.CCOC(=O)N1CCc2c([nH]c3ccc(F)cc23)C1c1ccc(C)cc1.COc1cccc(C2NCCc3c2[nH]c2ccc(Cl)cc32)c1.Clc1ccc2[nH]c3c(c2c1)CCNC3c1ccc(OCc2ccccc2)cc1. The van der Waals surface area contributed by atoms with Crippen LogP contribution < -0.4 is 20.1 Å². The van der Waals surface area contributed by atoms with Crippen molar-refractivity contribution in [3.8, 4) is 11.5 Å². The van der Waals surface area contributed by atoms with Crippen molar-refractivity contribution >= 4 is 117 Å². The molecule has 656 valence electrons. The summed E-state index contributed by atoms with van der Waals surface area (Å²) in [5, 5.41) is 15.5. The van der Waals surface area contributed by atoms with Crippen LogP contribution in [0, 0.1) is 12.7 Å². The van der Waals surface area contributed by atoms with Crippen LogP contribution >= 0.6 is 50.7 Å². The summed E-state index contributed by atoms with van der Waals surface area (Å²) in [6.07, 6.45) is 9.87. The summed E-state index contributed by atoms with van der Waals surface area (Å²) in [6, 6.07) is 86.0. The Hall–Kier alpha value is -11.6. The van der Waals surface area contributed by atoms with Crippen molar-refractivity contribution in [3.05, 3.63) is 375 Å². The lowest BCUT2D eigenvalue weighted by Gasteiger charge is -2.36. The number of H-pyrrole nitrogens is 5. The van der Waals surface area contributed by atoms with E-state index in [4.69, 9.17) is 53.8 Å². The number of aromatic nitrogens is 5. The van der Waals surface area contributed by atoms with Gasteiger partial charge < -0.3 is 54.5 Å². The number of aromatic amines is 5. The Morgan fingerprint density at radius 2 is 0.914 bits per heavy atom. The molecule has 16 aromatic rings. The molecule has 0 saturated heterocycles. The van der Waals surface area contributed by atoms with Crippen LogP contribution in [0.2, 0.25) is 15.1 Å². The number of halogens is 5. The lowest BCUT2D eigenvalue weighted by atomic mass is 9.92. The van der Waals surface area contributed by atoms with Gasteiger partial charge in [-0.1, -0.05) is 222 Å². The Bertz CT molecular complexity index is 6540. The summed E-state index contributed by atoms with van der Waals surface area (Å²) < 4.78 is 36.7. The molecule has 21 heteroatoms. The number of unbranched alkanes of at least 4 members (excludes halogenated alkanes) is 2. The number of carbonyl (C=O) groups is 2. The van der Waals surface area contributed by atoms with Crippen LogP contribution in [0.4, 0.5) is 14.0 Å². The highest BCUT2D eigenvalue weighted by Crippen LogP contribution is 2.44. The van der Waals surface area contributed by atoms with Gasteiger partial charge in [0.15, 0.2) is 0 Å². The standard InChI is InChI=1S/C24H21ClN2O.C23H27ClN2.C21H21BrN2O2.C21H21FN2O2.C18H17ClN2O/c25-18-8-11-22-21(14-18)20-12-13-26-23(24(20)27-22)17-6-9-19(10-7-17)28-15-16-4-2-1-3-5-16;1-2-3-5-10-22-23-19(20-15-18(24)11-12-21(20)25-23)13-14-26(22)16-17-8-6-4-7-9-17;1-2-26-21(25)24-11-10-16-17-13-15(22)8-9-18(17)23-20(16)19(24)12-14-6-4-3-5-7-14;1-3-26-21(25)24-11-10-16-17-12-15(22)8-9-18(17)23-19(16)20(24)14-6-4-13(2)5-7-14;1-22-13-4-2-3-11(9-13)17-18-14(7-8-20-17)15-10-12(19)5-6-16(15)21-18/h1-11,14,23,26-27H,12-13,15H2;4,6-9,11-12,15,22,25H,2-3,5,10,13-14,16H2,1H3;3-9,13,19,23H,2,10-12H2,1H3;4-9,12,20,23H,3,10-11H2,1-2H3;2-6,9-10,17,20-21H,7-8H2,1H3. The Labute approximate surface area is 770 Å². The molecule has 0 fully saturated rings. The molecular weight excluding hydrogens is 1730 g/mol. The molecule has 10 heterocycles. The van der Waals surface area contributed by atoms with Crippen molar-refractivity contribution in [1.82, 2.24) is 50.3 Å². The first-order valence-electron chi connectivity index (χ1n) is 44.7. The van der Waals surface area contributed by atoms with E-state index in [1.165, 1.54) is 126 Å². The van der Waals surface area contributed by atoms with Gasteiger partial charge in [-0.2, -0.15) is 0 Å². The van der Waals surface area contributed by atoms with E-state index >= 15 is 0 Å². The Kier molecular flexibility index (Phi) is 28.2. The predicted molar refractivity (Wildman–Crippen MR) is 520 cm³/mol. The Balaban J connectivity index is 0.000000113. The summed E-state index contributed by atoms with van der Waals surface area (Å²) in [6.45, 7) is 14.5. The van der Waals surface area contributed by atoms with Crippen LogP contribution in [-0.2, 0) is 61.2 Å². The third-order valence-corrected chi connectivity index (χ3v) is 26.5. The van der Waals surface area contributed by atoms with Crippen molar-refractivity contribution in [1.29, 1.82) is 0 Å². The number of ether oxygens (including phenoxy) is 4. The summed E-state index contributed by atoms with van der Waals surface area (Å²) in [5.41, 5.74) is 26.4. The van der Waals surface area contributed by atoms with E-state index in [9.17, 15) is 14.0 Å². The molecule has 5 aliphatic rings. The lowest BCUT2D eigenvalue weighted by Crippen LogP contribution is -2.41. The molecule has 0 saturated carbocycles. The maximum atomic E-state index is 13.8. The van der Waals surface area contributed by atoms with E-state index in [1.54, 1.807) is 31.1 Å². The molecule has 16 nitrogen and oxygen atoms in total. The molecule has 7 N–H and O–H groups in total. The summed E-state index contributed by atoms with van der Waals surface area (Å²) in [4.78, 5) is 49.3. The minimum atomic E-state index is -0.325. The van der Waals surface area contributed by atoms with Gasteiger partial charge >= 0.3 is 12.2 Å². The van der Waals surface area contributed by atoms with Crippen molar-refractivity contribution < 1.29 is 32.9 Å². The molecule has 11 aromatic carbocycles. The first-order chi connectivity index (χ1) is 62.5. The number of nitrogens with zero attached hydrogens (tertiary/aromatic N) is 3. The number of nitrogens with one attached hydrogen (secondary N) is 7. The average molecular weight is 1830 g/mol. The van der Waals surface area contributed by atoms with E-state index in [-0.39, 0.29) is 42.2 Å². The molecule has 5 aliphatic heterocycles. The Morgan fingerprint density at radius 1 is 0.438 bits per heavy atom. The largest absolute Gasteiger partial charge is 0.497 e. The predicted octanol–water partition coefficient (Wildman–Crippen LogP) is 26.1. The van der Waals surface area contributed by atoms with Crippen molar-refractivity contribution in [2.45, 2.75) is 135 Å². The first-order valence-corrected chi connectivity index (χ1v) is 46.6. The van der Waals surface area contributed by atoms with Gasteiger partial charge in [-0.3, -0.25) is 14.7 Å². The lowest BCUT2D eigenvalue weighted by molar-refractivity contribution is 0.0856. The number of benzene rings is 11. The first kappa shape index (κ1) is 88.4. The molecule has 2 amide bonds. The number of carbonyl (C=O) groups excluding carboxylic acids is 2. The molecule has 5 atom stereocenters. The molecule has 5 unspecified atom stereocenters. The third-order valence-electron chi connectivity index (χ3n) is 25.3. The molecule has 0 bridgehead atoms. The normalized spacial score (nSPS) is 16.8. The average Bonchev–Trinajstić information content (AvgIpc) is 1.61. The van der Waals surface area contributed by atoms with Gasteiger partial charge in [0.1, 0.15) is 30.0 Å². The number of aryl methyl sites for hydroxylation is 1. The van der Waals surface area contributed by atoms with Crippen molar-refractivity contribution in [3.63, 3.8) is 0 Å². The van der Waals surface area contributed by atoms with Gasteiger partial charge in [0.25, 0.3) is 0 Å². The van der Waals surface area contributed by atoms with Crippen LogP contribution in [-0.4, -0.2) is 105 Å². The second-order valence-electron chi connectivity index (χ2n) is 33.5. The Morgan fingerprint density at radius 3 is 1.49 bits per heavy atom. The van der Waals surface area contributed by atoms with Gasteiger partial charge in [0.05, 0.1) is 44.5 Å². The van der Waals surface area contributed by atoms with Crippen molar-refractivity contribution in [2.24, 2.45) is 0 Å². The van der Waals surface area contributed by atoms with Crippen LogP contribution in [0.5, 0.6) is 11.5 Å². The van der Waals surface area contributed by atoms with Crippen LogP contribution in [0.25, 0.3) is 54.5 Å². The third kappa shape index (κ3) is 19.8. The number of fused-ring (bicyclic) bond motifs is 15. The highest BCUT2D eigenvalue weighted by molar-refractivity contribution is 9.10. The summed E-state index contributed by atoms with van der Waals surface area (Å²) in [7, 11) is 1.70. The van der Waals surface area contributed by atoms with E-state index in [0.717, 1.165) is 145 Å². The smallest absolute Gasteiger partial charge is 0.410 e. The van der Waals surface area contributed by atoms with Gasteiger partial charge in [0.2, 0.25) is 0 Å². The van der Waals surface area contributed by atoms with E-state index in [2.05, 4.69) is 191 Å². The number of amides is 2. The van der Waals surface area contributed by atoms with E-state index in [1.807, 2.05) is 128 Å².